The molecule has 2 rings (SSSR count). The minimum absolute atomic E-state index is 0.0778. The minimum Gasteiger partial charge on any atom is -0.469 e. The summed E-state index contributed by atoms with van der Waals surface area (Å²) in [6.07, 6.45) is 2.57. The number of unbranched alkanes of at least 4 members (excludes halogenated alkanes) is 1. The molecule has 1 N–H and O–H groups in total. The lowest BCUT2D eigenvalue weighted by atomic mass is 9.97. The van der Waals surface area contributed by atoms with Gasteiger partial charge in [0.05, 0.1) is 12.0 Å². The van der Waals surface area contributed by atoms with Gasteiger partial charge < -0.3 is 10.1 Å². The van der Waals surface area contributed by atoms with E-state index in [-0.39, 0.29) is 41.6 Å². The third kappa shape index (κ3) is 6.37. The van der Waals surface area contributed by atoms with E-state index in [1.54, 1.807) is 0 Å². The third-order valence-corrected chi connectivity index (χ3v) is 6.97. The van der Waals surface area contributed by atoms with Crippen molar-refractivity contribution in [3.05, 3.63) is 29.8 Å². The van der Waals surface area contributed by atoms with E-state index in [9.17, 15) is 22.8 Å². The first-order valence-corrected chi connectivity index (χ1v) is 11.2. The molecule has 1 saturated heterocycles. The molecule has 0 radical (unpaired) electrons. The molecular weight excluding hydrogens is 396 g/mol. The lowest BCUT2D eigenvalue weighted by Gasteiger charge is -2.30. The molecule has 1 aliphatic rings. The van der Waals surface area contributed by atoms with Crippen molar-refractivity contribution in [2.45, 2.75) is 43.9 Å². The second-order valence-electron chi connectivity index (χ2n) is 7.08. The van der Waals surface area contributed by atoms with Crippen molar-refractivity contribution >= 4 is 27.7 Å². The molecule has 0 atom stereocenters. The maximum Gasteiger partial charge on any atom is 0.305 e. The number of carbonyl (C=O) groups excluding carboxylic acids is 3. The van der Waals surface area contributed by atoms with Crippen LogP contribution in [0.5, 0.6) is 0 Å². The quantitative estimate of drug-likeness (QED) is 0.367. The first-order chi connectivity index (χ1) is 13.8. The van der Waals surface area contributed by atoms with Crippen LogP contribution in [0.4, 0.5) is 0 Å². The van der Waals surface area contributed by atoms with Gasteiger partial charge in [0.1, 0.15) is 0 Å². The van der Waals surface area contributed by atoms with Crippen LogP contribution in [0.15, 0.2) is 29.2 Å². The average Bonchev–Trinajstić information content (AvgIpc) is 2.73. The second-order valence-corrected chi connectivity index (χ2v) is 9.02. The summed E-state index contributed by atoms with van der Waals surface area (Å²) < 4.78 is 31.5. The molecule has 9 heteroatoms. The third-order valence-electron chi connectivity index (χ3n) is 5.06. The van der Waals surface area contributed by atoms with Gasteiger partial charge in [0.2, 0.25) is 15.9 Å². The highest BCUT2D eigenvalue weighted by molar-refractivity contribution is 7.89. The molecule has 1 amide bonds. The highest BCUT2D eigenvalue weighted by Crippen LogP contribution is 2.24. The first-order valence-electron chi connectivity index (χ1n) is 9.71. The fraction of sp³-hybridized carbons (Fsp3) is 0.550. The summed E-state index contributed by atoms with van der Waals surface area (Å²) in [6.45, 7) is 2.46. The van der Waals surface area contributed by atoms with Crippen LogP contribution in [0, 0.1) is 5.92 Å². The van der Waals surface area contributed by atoms with Crippen LogP contribution in [-0.2, 0) is 24.3 Å². The van der Waals surface area contributed by atoms with Gasteiger partial charge in [0.25, 0.3) is 0 Å². The number of amides is 1. The van der Waals surface area contributed by atoms with E-state index in [1.807, 2.05) is 0 Å². The number of ketones is 1. The highest BCUT2D eigenvalue weighted by Gasteiger charge is 2.32. The number of benzene rings is 1. The van der Waals surface area contributed by atoms with Gasteiger partial charge in [-0.2, -0.15) is 4.31 Å². The predicted molar refractivity (Wildman–Crippen MR) is 107 cm³/mol. The molecule has 0 unspecified atom stereocenters. The number of hydrogen-bond acceptors (Lipinski definition) is 6. The predicted octanol–water partition coefficient (Wildman–Crippen LogP) is 1.75. The maximum atomic E-state index is 12.8. The van der Waals surface area contributed by atoms with Crippen molar-refractivity contribution in [3.63, 3.8) is 0 Å². The van der Waals surface area contributed by atoms with Crippen molar-refractivity contribution in [1.82, 2.24) is 9.62 Å². The van der Waals surface area contributed by atoms with Crippen LogP contribution in [0.1, 0.15) is 49.4 Å². The van der Waals surface area contributed by atoms with Gasteiger partial charge >= 0.3 is 5.97 Å². The molecule has 1 aliphatic heterocycles. The number of nitrogens with one attached hydrogen (secondary N) is 1. The number of sulfonamides is 1. The van der Waals surface area contributed by atoms with Crippen LogP contribution < -0.4 is 5.32 Å². The fourth-order valence-corrected chi connectivity index (χ4v) is 4.69. The van der Waals surface area contributed by atoms with E-state index < -0.39 is 10.0 Å². The van der Waals surface area contributed by atoms with E-state index in [0.717, 1.165) is 0 Å². The molecule has 1 fully saturated rings. The Hall–Kier alpha value is -2.26. The SMILES string of the molecule is COC(=O)CCCCNC(=O)C1CCN(S(=O)(=O)c2ccc(C(C)=O)cc2)CC1. The molecule has 160 valence electrons. The molecule has 0 aromatic heterocycles. The average molecular weight is 425 g/mol. The summed E-state index contributed by atoms with van der Waals surface area (Å²) in [4.78, 5) is 34.8. The Labute approximate surface area is 171 Å². The van der Waals surface area contributed by atoms with Crippen LogP contribution in [0.2, 0.25) is 0 Å². The van der Waals surface area contributed by atoms with Crippen LogP contribution in [-0.4, -0.2) is 57.1 Å². The van der Waals surface area contributed by atoms with Gasteiger partial charge in [-0.05, 0) is 44.7 Å². The summed E-state index contributed by atoms with van der Waals surface area (Å²) in [5.41, 5.74) is 0.464. The van der Waals surface area contributed by atoms with Crippen molar-refractivity contribution < 1.29 is 27.5 Å². The lowest BCUT2D eigenvalue weighted by molar-refractivity contribution is -0.140. The van der Waals surface area contributed by atoms with E-state index in [0.29, 0.717) is 44.2 Å². The number of methoxy groups -OCH3 is 1. The highest BCUT2D eigenvalue weighted by atomic mass is 32.2. The number of carbonyl (C=O) groups is 3. The normalized spacial score (nSPS) is 15.7. The van der Waals surface area contributed by atoms with Crippen molar-refractivity contribution in [2.75, 3.05) is 26.7 Å². The van der Waals surface area contributed by atoms with Crippen LogP contribution in [0.3, 0.4) is 0 Å². The molecule has 29 heavy (non-hydrogen) atoms. The van der Waals surface area contributed by atoms with E-state index in [4.69, 9.17) is 0 Å². The van der Waals surface area contributed by atoms with Crippen molar-refractivity contribution in [2.24, 2.45) is 5.92 Å². The number of Topliss-reactive ketones (excluding diaryl/α,β-unsaturated/α-hetero) is 1. The number of ether oxygens (including phenoxy) is 1. The van der Waals surface area contributed by atoms with Gasteiger partial charge in [-0.25, -0.2) is 8.42 Å². The van der Waals surface area contributed by atoms with Gasteiger partial charge in [0, 0.05) is 37.5 Å². The lowest BCUT2D eigenvalue weighted by Crippen LogP contribution is -2.43. The van der Waals surface area contributed by atoms with E-state index in [2.05, 4.69) is 10.1 Å². The van der Waals surface area contributed by atoms with Crippen LogP contribution in [0.25, 0.3) is 0 Å². The van der Waals surface area contributed by atoms with Gasteiger partial charge in [0.15, 0.2) is 5.78 Å². The van der Waals surface area contributed by atoms with Crippen LogP contribution >= 0.6 is 0 Å². The first kappa shape index (κ1) is 23.0. The summed E-state index contributed by atoms with van der Waals surface area (Å²) in [6, 6.07) is 5.91. The molecule has 1 aromatic rings. The van der Waals surface area contributed by atoms with Gasteiger partial charge in [-0.1, -0.05) is 12.1 Å². The number of hydrogen-bond donors (Lipinski definition) is 1. The maximum absolute atomic E-state index is 12.8. The van der Waals surface area contributed by atoms with Crippen molar-refractivity contribution in [3.8, 4) is 0 Å². The largest absolute Gasteiger partial charge is 0.469 e. The van der Waals surface area contributed by atoms with E-state index >= 15 is 0 Å². The molecule has 0 aliphatic carbocycles. The zero-order valence-corrected chi connectivity index (χ0v) is 17.7. The Morgan fingerprint density at radius 2 is 1.72 bits per heavy atom. The molecular formula is C20H28N2O6S. The topological polar surface area (TPSA) is 110 Å². The Balaban J connectivity index is 1.80. The Morgan fingerprint density at radius 3 is 2.28 bits per heavy atom. The standard InChI is InChI=1S/C20H28N2O6S/c1-15(23)16-6-8-18(9-7-16)29(26,27)22-13-10-17(11-14-22)20(25)21-12-4-3-5-19(24)28-2/h6-9,17H,3-5,10-14H2,1-2H3,(H,21,25). The molecule has 1 aromatic carbocycles. The van der Waals surface area contributed by atoms with Gasteiger partial charge in [-0.15, -0.1) is 0 Å². The Bertz CT molecular complexity index is 827. The molecule has 8 nitrogen and oxygen atoms in total. The monoisotopic (exact) mass is 424 g/mol. The second kappa shape index (κ2) is 10.5. The zero-order valence-electron chi connectivity index (χ0n) is 16.8. The molecule has 0 spiro atoms. The van der Waals surface area contributed by atoms with Gasteiger partial charge in [-0.3, -0.25) is 14.4 Å². The summed E-state index contributed by atoms with van der Waals surface area (Å²) >= 11 is 0. The summed E-state index contributed by atoms with van der Waals surface area (Å²) in [5.74, 6) is -0.681. The molecule has 1 heterocycles. The molecule has 0 bridgehead atoms. The number of piperidine rings is 1. The summed E-state index contributed by atoms with van der Waals surface area (Å²) in [7, 11) is -2.30. The number of esters is 1. The zero-order chi connectivity index (χ0) is 21.4. The minimum atomic E-state index is -3.64. The fourth-order valence-electron chi connectivity index (χ4n) is 3.22. The van der Waals surface area contributed by atoms with E-state index in [1.165, 1.54) is 42.6 Å². The molecule has 0 saturated carbocycles. The van der Waals surface area contributed by atoms with Crippen molar-refractivity contribution in [1.29, 1.82) is 0 Å². The number of nitrogens with zero attached hydrogens (tertiary/aromatic N) is 1. The Morgan fingerprint density at radius 1 is 1.10 bits per heavy atom. The summed E-state index contributed by atoms with van der Waals surface area (Å²) in [5, 5.41) is 2.86. The smallest absolute Gasteiger partial charge is 0.305 e. The number of rotatable bonds is 9. The Kier molecular flexibility index (Phi) is 8.33.